The van der Waals surface area contributed by atoms with Gasteiger partial charge in [-0.15, -0.1) is 0 Å². The van der Waals surface area contributed by atoms with E-state index in [1.165, 1.54) is 0 Å². The Morgan fingerprint density at radius 2 is 1.83 bits per heavy atom. The van der Waals surface area contributed by atoms with Crippen LogP contribution >= 0.6 is 0 Å². The van der Waals surface area contributed by atoms with Crippen LogP contribution in [0.1, 0.15) is 31.4 Å². The molecular weight excluding hydrogens is 228 g/mol. The van der Waals surface area contributed by atoms with Crippen LogP contribution in [0.5, 0.6) is 0 Å². The molecule has 2 aliphatic rings. The first-order valence-electron chi connectivity index (χ1n) is 6.68. The molecule has 1 aliphatic carbocycles. The van der Waals surface area contributed by atoms with Crippen molar-refractivity contribution in [1.82, 2.24) is 4.98 Å². The minimum absolute atomic E-state index is 0.00181. The van der Waals surface area contributed by atoms with E-state index in [1.54, 1.807) is 0 Å². The van der Waals surface area contributed by atoms with Crippen LogP contribution < -0.4 is 5.73 Å². The summed E-state index contributed by atoms with van der Waals surface area (Å²) < 4.78 is 11.5. The van der Waals surface area contributed by atoms with E-state index in [2.05, 4.69) is 11.1 Å². The fourth-order valence-electron chi connectivity index (χ4n) is 3.14. The molecule has 1 saturated heterocycles. The first-order chi connectivity index (χ1) is 8.79. The van der Waals surface area contributed by atoms with Gasteiger partial charge in [-0.3, -0.25) is 4.98 Å². The van der Waals surface area contributed by atoms with Gasteiger partial charge in [-0.2, -0.15) is 0 Å². The van der Waals surface area contributed by atoms with Crippen molar-refractivity contribution in [3.8, 4) is 0 Å². The molecule has 2 fully saturated rings. The number of rotatable bonds is 2. The van der Waals surface area contributed by atoms with E-state index in [0.29, 0.717) is 6.54 Å². The van der Waals surface area contributed by atoms with Crippen LogP contribution in [0.15, 0.2) is 24.4 Å². The van der Waals surface area contributed by atoms with E-state index in [9.17, 15) is 0 Å². The third-order valence-corrected chi connectivity index (χ3v) is 4.38. The van der Waals surface area contributed by atoms with Crippen molar-refractivity contribution in [2.45, 2.75) is 36.9 Å². The summed E-state index contributed by atoms with van der Waals surface area (Å²) in [6.45, 7) is 2.08. The van der Waals surface area contributed by atoms with E-state index in [-0.39, 0.29) is 11.2 Å². The molecule has 0 radical (unpaired) electrons. The van der Waals surface area contributed by atoms with Crippen molar-refractivity contribution in [2.75, 3.05) is 19.8 Å². The van der Waals surface area contributed by atoms with Crippen LogP contribution in [-0.2, 0) is 14.9 Å². The van der Waals surface area contributed by atoms with E-state index in [4.69, 9.17) is 15.2 Å². The standard InChI is InChI=1S/C14H20N2O2/c15-11-13(12-3-1-2-8-16-12)4-6-14(7-5-13)17-9-10-18-14/h1-3,8H,4-7,9-11,15H2. The average Bonchev–Trinajstić information content (AvgIpc) is 2.90. The van der Waals surface area contributed by atoms with Crippen LogP contribution in [0.2, 0.25) is 0 Å². The van der Waals surface area contributed by atoms with Gasteiger partial charge in [0, 0.05) is 36.7 Å². The molecule has 1 aliphatic heterocycles. The fraction of sp³-hybridized carbons (Fsp3) is 0.643. The number of aromatic nitrogens is 1. The quantitative estimate of drug-likeness (QED) is 0.863. The van der Waals surface area contributed by atoms with E-state index >= 15 is 0 Å². The zero-order valence-corrected chi connectivity index (χ0v) is 10.6. The average molecular weight is 248 g/mol. The van der Waals surface area contributed by atoms with Crippen molar-refractivity contribution in [1.29, 1.82) is 0 Å². The Bertz CT molecular complexity index is 392. The van der Waals surface area contributed by atoms with Crippen LogP contribution in [0.3, 0.4) is 0 Å². The monoisotopic (exact) mass is 248 g/mol. The van der Waals surface area contributed by atoms with Crippen LogP contribution in [-0.4, -0.2) is 30.5 Å². The molecular formula is C14H20N2O2. The first kappa shape index (κ1) is 12.1. The highest BCUT2D eigenvalue weighted by atomic mass is 16.7. The zero-order chi connectivity index (χ0) is 12.5. The lowest BCUT2D eigenvalue weighted by molar-refractivity contribution is -0.184. The van der Waals surface area contributed by atoms with Crippen molar-refractivity contribution in [2.24, 2.45) is 5.73 Å². The number of hydrogen-bond donors (Lipinski definition) is 1. The van der Waals surface area contributed by atoms with Gasteiger partial charge in [-0.05, 0) is 25.0 Å². The Hall–Kier alpha value is -0.970. The van der Waals surface area contributed by atoms with Gasteiger partial charge in [0.15, 0.2) is 5.79 Å². The molecule has 2 heterocycles. The van der Waals surface area contributed by atoms with Gasteiger partial charge in [0.1, 0.15) is 0 Å². The van der Waals surface area contributed by atoms with Gasteiger partial charge in [-0.25, -0.2) is 0 Å². The van der Waals surface area contributed by atoms with Crippen LogP contribution in [0.4, 0.5) is 0 Å². The number of nitrogens with zero attached hydrogens (tertiary/aromatic N) is 1. The minimum atomic E-state index is -0.326. The fourth-order valence-corrected chi connectivity index (χ4v) is 3.14. The highest BCUT2D eigenvalue weighted by Gasteiger charge is 2.46. The van der Waals surface area contributed by atoms with Gasteiger partial charge >= 0.3 is 0 Å². The molecule has 1 spiro atoms. The molecule has 18 heavy (non-hydrogen) atoms. The third kappa shape index (κ3) is 1.94. The Morgan fingerprint density at radius 1 is 1.11 bits per heavy atom. The van der Waals surface area contributed by atoms with Gasteiger partial charge < -0.3 is 15.2 Å². The summed E-state index contributed by atoms with van der Waals surface area (Å²) >= 11 is 0. The van der Waals surface area contributed by atoms with E-state index in [1.807, 2.05) is 18.3 Å². The van der Waals surface area contributed by atoms with E-state index < -0.39 is 0 Å². The molecule has 4 nitrogen and oxygen atoms in total. The second kappa shape index (κ2) is 4.61. The topological polar surface area (TPSA) is 57.4 Å². The lowest BCUT2D eigenvalue weighted by Crippen LogP contribution is -2.46. The summed E-state index contributed by atoms with van der Waals surface area (Å²) in [5.41, 5.74) is 7.15. The molecule has 1 aromatic heterocycles. The lowest BCUT2D eigenvalue weighted by Gasteiger charge is -2.42. The summed E-state index contributed by atoms with van der Waals surface area (Å²) in [6, 6.07) is 6.06. The summed E-state index contributed by atoms with van der Waals surface area (Å²) in [7, 11) is 0. The summed E-state index contributed by atoms with van der Waals surface area (Å²) in [5.74, 6) is -0.326. The molecule has 0 atom stereocenters. The molecule has 1 aromatic rings. The maximum absolute atomic E-state index is 6.04. The highest BCUT2D eigenvalue weighted by Crippen LogP contribution is 2.45. The minimum Gasteiger partial charge on any atom is -0.348 e. The summed E-state index contributed by atoms with van der Waals surface area (Å²) in [5, 5.41) is 0. The molecule has 0 amide bonds. The number of ether oxygens (including phenoxy) is 2. The Labute approximate surface area is 107 Å². The molecule has 3 rings (SSSR count). The van der Waals surface area contributed by atoms with Crippen LogP contribution in [0.25, 0.3) is 0 Å². The second-order valence-corrected chi connectivity index (χ2v) is 5.31. The SMILES string of the molecule is NCC1(c2ccccn2)CCC2(CC1)OCCO2. The maximum atomic E-state index is 6.04. The van der Waals surface area contributed by atoms with Gasteiger partial charge in [-0.1, -0.05) is 6.07 Å². The van der Waals surface area contributed by atoms with Crippen LogP contribution in [0, 0.1) is 0 Å². The van der Waals surface area contributed by atoms with Gasteiger partial charge in [0.05, 0.1) is 13.2 Å². The molecule has 1 saturated carbocycles. The number of pyridine rings is 1. The number of nitrogens with two attached hydrogens (primary N) is 1. The predicted octanol–water partition coefficient (Wildman–Crippen LogP) is 1.60. The van der Waals surface area contributed by atoms with Crippen molar-refractivity contribution >= 4 is 0 Å². The van der Waals surface area contributed by atoms with Gasteiger partial charge in [0.25, 0.3) is 0 Å². The second-order valence-electron chi connectivity index (χ2n) is 5.31. The predicted molar refractivity (Wildman–Crippen MR) is 68.1 cm³/mol. The molecule has 4 heteroatoms. The van der Waals surface area contributed by atoms with Crippen molar-refractivity contribution in [3.63, 3.8) is 0 Å². The van der Waals surface area contributed by atoms with E-state index in [0.717, 1.165) is 44.6 Å². The van der Waals surface area contributed by atoms with Crippen molar-refractivity contribution < 1.29 is 9.47 Å². The molecule has 98 valence electrons. The first-order valence-corrected chi connectivity index (χ1v) is 6.68. The molecule has 2 N–H and O–H groups in total. The summed E-state index contributed by atoms with van der Waals surface area (Å²) in [6.07, 6.45) is 5.66. The molecule has 0 unspecified atom stereocenters. The third-order valence-electron chi connectivity index (χ3n) is 4.38. The summed E-state index contributed by atoms with van der Waals surface area (Å²) in [4.78, 5) is 4.50. The Morgan fingerprint density at radius 3 is 2.39 bits per heavy atom. The Kier molecular flexibility index (Phi) is 3.09. The smallest absolute Gasteiger partial charge is 0.168 e. The molecule has 0 aromatic carbocycles. The number of hydrogen-bond acceptors (Lipinski definition) is 4. The lowest BCUT2D eigenvalue weighted by atomic mass is 9.69. The molecule has 0 bridgehead atoms. The zero-order valence-electron chi connectivity index (χ0n) is 10.6. The maximum Gasteiger partial charge on any atom is 0.168 e. The van der Waals surface area contributed by atoms with Gasteiger partial charge in [0.2, 0.25) is 0 Å². The van der Waals surface area contributed by atoms with Crippen molar-refractivity contribution in [3.05, 3.63) is 30.1 Å². The highest BCUT2D eigenvalue weighted by molar-refractivity contribution is 5.19. The normalized spacial score (nSPS) is 25.4. The Balaban J connectivity index is 1.79. The largest absolute Gasteiger partial charge is 0.348 e.